The van der Waals surface area contributed by atoms with Gasteiger partial charge in [-0.1, -0.05) is 35.5 Å². The Labute approximate surface area is 115 Å². The number of benzene rings is 1. The van der Waals surface area contributed by atoms with Crippen LogP contribution in [0.25, 0.3) is 0 Å². The van der Waals surface area contributed by atoms with Gasteiger partial charge in [-0.15, -0.1) is 11.8 Å². The molecule has 2 rings (SSSR count). The summed E-state index contributed by atoms with van der Waals surface area (Å²) in [6.45, 7) is 0. The molecule has 0 saturated carbocycles. The Bertz CT molecular complexity index is 528. The zero-order chi connectivity index (χ0) is 13.5. The van der Waals surface area contributed by atoms with Crippen LogP contribution in [0.1, 0.15) is 17.3 Å². The van der Waals surface area contributed by atoms with E-state index in [4.69, 9.17) is 9.63 Å². The van der Waals surface area contributed by atoms with Crippen molar-refractivity contribution in [2.45, 2.75) is 18.6 Å². The monoisotopic (exact) mass is 278 g/mol. The van der Waals surface area contributed by atoms with Crippen LogP contribution in [0.15, 0.2) is 34.9 Å². The Morgan fingerprint density at radius 2 is 2.05 bits per heavy atom. The van der Waals surface area contributed by atoms with Gasteiger partial charge in [-0.05, 0) is 12.0 Å². The number of aromatic nitrogens is 2. The molecule has 0 aliphatic heterocycles. The molecule has 0 radical (unpaired) electrons. The van der Waals surface area contributed by atoms with Crippen molar-refractivity contribution < 1.29 is 14.4 Å². The summed E-state index contributed by atoms with van der Waals surface area (Å²) < 4.78 is 5.06. The average Bonchev–Trinajstić information content (AvgIpc) is 2.85. The number of hydrogen-bond acceptors (Lipinski definition) is 5. The molecule has 0 atom stereocenters. The molecule has 0 fully saturated rings. The van der Waals surface area contributed by atoms with E-state index in [1.54, 1.807) is 0 Å². The number of aliphatic carboxylic acids is 1. The maximum Gasteiger partial charge on any atom is 0.313 e. The Morgan fingerprint density at radius 1 is 1.26 bits per heavy atom. The quantitative estimate of drug-likeness (QED) is 0.836. The molecule has 100 valence electrons. The first-order valence-corrected chi connectivity index (χ1v) is 7.04. The summed E-state index contributed by atoms with van der Waals surface area (Å²) in [5, 5.41) is 12.4. The fourth-order valence-corrected chi connectivity index (χ4v) is 2.15. The Morgan fingerprint density at radius 3 is 2.79 bits per heavy atom. The van der Waals surface area contributed by atoms with E-state index >= 15 is 0 Å². The summed E-state index contributed by atoms with van der Waals surface area (Å²) in [6, 6.07) is 10.1. The second-order valence-electron chi connectivity index (χ2n) is 3.98. The van der Waals surface area contributed by atoms with E-state index < -0.39 is 5.97 Å². The van der Waals surface area contributed by atoms with Gasteiger partial charge in [0.25, 0.3) is 0 Å². The van der Waals surface area contributed by atoms with Crippen molar-refractivity contribution in [3.8, 4) is 0 Å². The van der Waals surface area contributed by atoms with Crippen molar-refractivity contribution in [3.63, 3.8) is 0 Å². The maximum absolute atomic E-state index is 10.4. The molecule has 2 aromatic rings. The maximum atomic E-state index is 10.4. The van der Waals surface area contributed by atoms with Crippen molar-refractivity contribution in [1.82, 2.24) is 10.1 Å². The molecule has 19 heavy (non-hydrogen) atoms. The third kappa shape index (κ3) is 4.75. The summed E-state index contributed by atoms with van der Waals surface area (Å²) in [7, 11) is 0. The molecule has 0 spiro atoms. The van der Waals surface area contributed by atoms with Crippen molar-refractivity contribution in [3.05, 3.63) is 47.6 Å². The molecular weight excluding hydrogens is 264 g/mol. The molecule has 0 unspecified atom stereocenters. The van der Waals surface area contributed by atoms with E-state index in [9.17, 15) is 4.79 Å². The fourth-order valence-electron chi connectivity index (χ4n) is 1.58. The van der Waals surface area contributed by atoms with Gasteiger partial charge in [0, 0.05) is 6.42 Å². The highest BCUT2D eigenvalue weighted by Crippen LogP contribution is 2.11. The third-order valence-corrected chi connectivity index (χ3v) is 3.34. The SMILES string of the molecule is O=C(O)CSCc1nc(CCc2ccccc2)no1. The van der Waals surface area contributed by atoms with Crippen molar-refractivity contribution in [2.24, 2.45) is 0 Å². The smallest absolute Gasteiger partial charge is 0.313 e. The van der Waals surface area contributed by atoms with E-state index in [1.165, 1.54) is 17.3 Å². The highest BCUT2D eigenvalue weighted by atomic mass is 32.2. The molecule has 0 amide bonds. The standard InChI is InChI=1S/C13H14N2O3S/c16-13(17)9-19-8-12-14-11(15-18-12)7-6-10-4-2-1-3-5-10/h1-5H,6-9H2,(H,16,17). The minimum absolute atomic E-state index is 0.0434. The Hall–Kier alpha value is -1.82. The van der Waals surface area contributed by atoms with Crippen molar-refractivity contribution in [2.75, 3.05) is 5.75 Å². The highest BCUT2D eigenvalue weighted by molar-refractivity contribution is 7.99. The predicted molar refractivity (Wildman–Crippen MR) is 71.9 cm³/mol. The lowest BCUT2D eigenvalue weighted by atomic mass is 10.1. The number of carbonyl (C=O) groups is 1. The lowest BCUT2D eigenvalue weighted by molar-refractivity contribution is -0.133. The second-order valence-corrected chi connectivity index (χ2v) is 4.96. The van der Waals surface area contributed by atoms with Crippen LogP contribution in [-0.2, 0) is 23.4 Å². The number of hydrogen-bond donors (Lipinski definition) is 1. The van der Waals surface area contributed by atoms with E-state index in [-0.39, 0.29) is 5.75 Å². The molecule has 5 nitrogen and oxygen atoms in total. The first kappa shape index (κ1) is 13.6. The Balaban J connectivity index is 1.79. The van der Waals surface area contributed by atoms with Gasteiger partial charge in [-0.25, -0.2) is 0 Å². The van der Waals surface area contributed by atoms with E-state index in [0.29, 0.717) is 17.5 Å². The van der Waals surface area contributed by atoms with Gasteiger partial charge in [-0.3, -0.25) is 4.79 Å². The molecule has 0 aliphatic rings. The third-order valence-electron chi connectivity index (χ3n) is 2.44. The summed E-state index contributed by atoms with van der Waals surface area (Å²) in [4.78, 5) is 14.6. The lowest BCUT2D eigenvalue weighted by Crippen LogP contribution is -1.98. The highest BCUT2D eigenvalue weighted by Gasteiger charge is 2.07. The van der Waals surface area contributed by atoms with Crippen molar-refractivity contribution >= 4 is 17.7 Å². The van der Waals surface area contributed by atoms with Crippen LogP contribution in [0.4, 0.5) is 0 Å². The predicted octanol–water partition coefficient (Wildman–Crippen LogP) is 2.17. The summed E-state index contributed by atoms with van der Waals surface area (Å²) in [5.74, 6) is 0.782. The second kappa shape index (κ2) is 6.94. The van der Waals surface area contributed by atoms with Gasteiger partial charge < -0.3 is 9.63 Å². The van der Waals surface area contributed by atoms with Gasteiger partial charge >= 0.3 is 5.97 Å². The molecule has 1 N–H and O–H groups in total. The number of carboxylic acid groups (broad SMARTS) is 1. The van der Waals surface area contributed by atoms with Crippen LogP contribution < -0.4 is 0 Å². The van der Waals surface area contributed by atoms with Crippen LogP contribution in [0.5, 0.6) is 0 Å². The molecule has 0 bridgehead atoms. The minimum Gasteiger partial charge on any atom is -0.481 e. The van der Waals surface area contributed by atoms with E-state index in [2.05, 4.69) is 22.3 Å². The first-order valence-electron chi connectivity index (χ1n) is 5.89. The van der Waals surface area contributed by atoms with Crippen LogP contribution in [0.2, 0.25) is 0 Å². The van der Waals surface area contributed by atoms with Gasteiger partial charge in [0.2, 0.25) is 5.89 Å². The molecule has 0 saturated heterocycles. The molecule has 1 aromatic carbocycles. The Kier molecular flexibility index (Phi) is 4.97. The lowest BCUT2D eigenvalue weighted by Gasteiger charge is -1.96. The zero-order valence-corrected chi connectivity index (χ0v) is 11.1. The van der Waals surface area contributed by atoms with Crippen molar-refractivity contribution in [1.29, 1.82) is 0 Å². The number of carboxylic acids is 1. The largest absolute Gasteiger partial charge is 0.481 e. The van der Waals surface area contributed by atoms with E-state index in [0.717, 1.165) is 12.8 Å². The average molecular weight is 278 g/mol. The molecule has 0 aliphatic carbocycles. The van der Waals surface area contributed by atoms with Gasteiger partial charge in [0.1, 0.15) is 0 Å². The molecule has 6 heteroatoms. The number of thioether (sulfide) groups is 1. The first-order chi connectivity index (χ1) is 9.24. The molecule has 1 aromatic heterocycles. The zero-order valence-electron chi connectivity index (χ0n) is 10.3. The number of rotatable bonds is 7. The van der Waals surface area contributed by atoms with Gasteiger partial charge in [-0.2, -0.15) is 4.98 Å². The topological polar surface area (TPSA) is 76.2 Å². The number of aryl methyl sites for hydroxylation is 2. The summed E-state index contributed by atoms with van der Waals surface area (Å²) in [6.07, 6.45) is 1.58. The summed E-state index contributed by atoms with van der Waals surface area (Å²) in [5.41, 5.74) is 1.23. The molecule has 1 heterocycles. The van der Waals surface area contributed by atoms with Gasteiger partial charge in [0.05, 0.1) is 11.5 Å². The van der Waals surface area contributed by atoms with Crippen LogP contribution in [-0.4, -0.2) is 27.0 Å². The number of nitrogens with zero attached hydrogens (tertiary/aromatic N) is 2. The molecular formula is C13H14N2O3S. The van der Waals surface area contributed by atoms with E-state index in [1.807, 2.05) is 18.2 Å². The fraction of sp³-hybridized carbons (Fsp3) is 0.308. The van der Waals surface area contributed by atoms with Gasteiger partial charge in [0.15, 0.2) is 5.82 Å². The van der Waals surface area contributed by atoms with Crippen LogP contribution in [0, 0.1) is 0 Å². The summed E-state index contributed by atoms with van der Waals surface area (Å²) >= 11 is 1.25. The van der Waals surface area contributed by atoms with Crippen LogP contribution >= 0.6 is 11.8 Å². The minimum atomic E-state index is -0.839. The normalized spacial score (nSPS) is 10.5. The van der Waals surface area contributed by atoms with Crippen LogP contribution in [0.3, 0.4) is 0 Å².